The third kappa shape index (κ3) is 3.27. The van der Waals surface area contributed by atoms with Crippen LogP contribution in [-0.4, -0.2) is 10.2 Å². The molecule has 2 nitrogen and oxygen atoms in total. The van der Waals surface area contributed by atoms with E-state index in [1.165, 1.54) is 6.07 Å². The first-order chi connectivity index (χ1) is 6.80. The Bertz CT molecular complexity index is 387. The highest BCUT2D eigenvalue weighted by Crippen LogP contribution is 2.21. The second-order valence-electron chi connectivity index (χ2n) is 3.55. The fourth-order valence-corrected chi connectivity index (χ4v) is 0.961. The van der Waals surface area contributed by atoms with E-state index in [1.54, 1.807) is 13.8 Å². The number of alkyl halides is 1. The highest BCUT2D eigenvalue weighted by Gasteiger charge is 2.24. The topological polar surface area (TPSA) is 29.1 Å². The van der Waals surface area contributed by atoms with Crippen molar-refractivity contribution in [1.29, 1.82) is 0 Å². The Balaban J connectivity index is 2.87. The number of rotatable bonds is 2. The van der Waals surface area contributed by atoms with E-state index in [0.717, 1.165) is 12.1 Å². The van der Waals surface area contributed by atoms with Gasteiger partial charge in [0.25, 0.3) is 0 Å². The van der Waals surface area contributed by atoms with E-state index in [4.69, 9.17) is 0 Å². The summed E-state index contributed by atoms with van der Waals surface area (Å²) in [6, 6.07) is 2.98. The first-order valence-corrected chi connectivity index (χ1v) is 5.05. The average molecular weight is 278 g/mol. The van der Waals surface area contributed by atoms with Gasteiger partial charge in [0.1, 0.15) is 11.6 Å². The number of nitrogens with one attached hydrogen (secondary N) is 1. The Labute approximate surface area is 94.8 Å². The van der Waals surface area contributed by atoms with Gasteiger partial charge >= 0.3 is 0 Å². The molecule has 0 aromatic heterocycles. The molecule has 0 aliphatic carbocycles. The van der Waals surface area contributed by atoms with Gasteiger partial charge in [-0.2, -0.15) is 0 Å². The summed E-state index contributed by atoms with van der Waals surface area (Å²) >= 11 is 3.13. The minimum Gasteiger partial charge on any atom is -0.322 e. The fraction of sp³-hybridized carbons (Fsp3) is 0.300. The smallest absolute Gasteiger partial charge is 0.240 e. The Morgan fingerprint density at radius 2 is 2.00 bits per heavy atom. The third-order valence-electron chi connectivity index (χ3n) is 1.72. The van der Waals surface area contributed by atoms with Crippen LogP contribution < -0.4 is 5.32 Å². The van der Waals surface area contributed by atoms with E-state index in [-0.39, 0.29) is 5.69 Å². The number of anilines is 1. The van der Waals surface area contributed by atoms with Crippen LogP contribution in [0.2, 0.25) is 0 Å². The fourth-order valence-electron chi connectivity index (χ4n) is 0.862. The second-order valence-corrected chi connectivity index (χ2v) is 5.53. The van der Waals surface area contributed by atoms with E-state index in [1.807, 2.05) is 0 Å². The molecular weight excluding hydrogens is 268 g/mol. The molecular formula is C10H10BrF2NO. The largest absolute Gasteiger partial charge is 0.322 e. The molecule has 0 aliphatic rings. The summed E-state index contributed by atoms with van der Waals surface area (Å²) in [5.41, 5.74) is -0.0334. The van der Waals surface area contributed by atoms with Crippen LogP contribution in [-0.2, 0) is 4.79 Å². The first-order valence-electron chi connectivity index (χ1n) is 4.26. The summed E-state index contributed by atoms with van der Waals surface area (Å²) < 4.78 is 24.9. The van der Waals surface area contributed by atoms with Gasteiger partial charge < -0.3 is 5.32 Å². The van der Waals surface area contributed by atoms with Crippen LogP contribution >= 0.6 is 15.9 Å². The monoisotopic (exact) mass is 277 g/mol. The molecule has 0 radical (unpaired) electrons. The second kappa shape index (κ2) is 4.26. The van der Waals surface area contributed by atoms with E-state index in [0.29, 0.717) is 0 Å². The molecule has 0 saturated heterocycles. The molecule has 1 rings (SSSR count). The van der Waals surface area contributed by atoms with Crippen LogP contribution in [0, 0.1) is 11.6 Å². The van der Waals surface area contributed by atoms with E-state index in [2.05, 4.69) is 21.2 Å². The summed E-state index contributed by atoms with van der Waals surface area (Å²) in [7, 11) is 0. The highest BCUT2D eigenvalue weighted by molar-refractivity contribution is 9.10. The molecule has 1 amide bonds. The first kappa shape index (κ1) is 12.1. The number of hydrogen-bond donors (Lipinski definition) is 1. The molecule has 0 fully saturated rings. The van der Waals surface area contributed by atoms with Crippen molar-refractivity contribution in [2.45, 2.75) is 18.2 Å². The lowest BCUT2D eigenvalue weighted by atomic mass is 10.2. The molecule has 0 aliphatic heterocycles. The average Bonchev–Trinajstić information content (AvgIpc) is 2.08. The third-order valence-corrected chi connectivity index (χ3v) is 2.08. The number of halogens is 3. The summed E-state index contributed by atoms with van der Waals surface area (Å²) in [6.45, 7) is 3.26. The molecule has 0 unspecified atom stereocenters. The Hall–Kier alpha value is -0.970. The molecule has 0 bridgehead atoms. The number of carbonyl (C=O) groups is 1. The maximum Gasteiger partial charge on any atom is 0.240 e. The molecule has 82 valence electrons. The van der Waals surface area contributed by atoms with Crippen molar-refractivity contribution in [3.63, 3.8) is 0 Å². The van der Waals surface area contributed by atoms with Gasteiger partial charge in [0.2, 0.25) is 5.91 Å². The van der Waals surface area contributed by atoms with Crippen LogP contribution in [0.3, 0.4) is 0 Å². The summed E-state index contributed by atoms with van der Waals surface area (Å²) in [4.78, 5) is 11.5. The van der Waals surface area contributed by atoms with Gasteiger partial charge in [0.15, 0.2) is 0 Å². The Morgan fingerprint density at radius 3 is 2.47 bits per heavy atom. The van der Waals surface area contributed by atoms with E-state index in [9.17, 15) is 13.6 Å². The van der Waals surface area contributed by atoms with E-state index < -0.39 is 21.9 Å². The summed E-state index contributed by atoms with van der Waals surface area (Å²) in [5.74, 6) is -1.86. The van der Waals surface area contributed by atoms with Crippen molar-refractivity contribution in [1.82, 2.24) is 0 Å². The van der Waals surface area contributed by atoms with Gasteiger partial charge in [-0.25, -0.2) is 8.78 Å². The van der Waals surface area contributed by atoms with Gasteiger partial charge in [-0.15, -0.1) is 0 Å². The minimum atomic E-state index is -0.798. The van der Waals surface area contributed by atoms with Crippen molar-refractivity contribution < 1.29 is 13.6 Å². The standard InChI is InChI=1S/C10H10BrF2NO/c1-10(2,11)9(15)14-8-4-3-6(12)5-7(8)13/h3-5H,1-2H3,(H,14,15). The number of hydrogen-bond acceptors (Lipinski definition) is 1. The quantitative estimate of drug-likeness (QED) is 0.827. The van der Waals surface area contributed by atoms with Crippen LogP contribution in [0.4, 0.5) is 14.5 Å². The molecule has 1 N–H and O–H groups in total. The maximum atomic E-state index is 13.1. The van der Waals surface area contributed by atoms with Gasteiger partial charge in [-0.05, 0) is 26.0 Å². The Kier molecular flexibility index (Phi) is 3.44. The van der Waals surface area contributed by atoms with Crippen molar-refractivity contribution in [2.24, 2.45) is 0 Å². The molecule has 0 saturated carbocycles. The van der Waals surface area contributed by atoms with Crippen molar-refractivity contribution in [2.75, 3.05) is 5.32 Å². The number of carbonyl (C=O) groups excluding carboxylic acids is 1. The van der Waals surface area contributed by atoms with Crippen LogP contribution in [0.5, 0.6) is 0 Å². The SMILES string of the molecule is CC(C)(Br)C(=O)Nc1ccc(F)cc1F. The zero-order valence-electron chi connectivity index (χ0n) is 8.27. The van der Waals surface area contributed by atoms with E-state index >= 15 is 0 Å². The van der Waals surface area contributed by atoms with Gasteiger partial charge in [0, 0.05) is 6.07 Å². The normalized spacial score (nSPS) is 11.3. The lowest BCUT2D eigenvalue weighted by Gasteiger charge is -2.16. The van der Waals surface area contributed by atoms with Crippen molar-refractivity contribution >= 4 is 27.5 Å². The zero-order valence-corrected chi connectivity index (χ0v) is 9.86. The highest BCUT2D eigenvalue weighted by atomic mass is 79.9. The minimum absolute atomic E-state index is 0.0334. The Morgan fingerprint density at radius 1 is 1.40 bits per heavy atom. The zero-order chi connectivity index (χ0) is 11.6. The molecule has 15 heavy (non-hydrogen) atoms. The molecule has 0 atom stereocenters. The lowest BCUT2D eigenvalue weighted by Crippen LogP contribution is -2.31. The predicted octanol–water partition coefficient (Wildman–Crippen LogP) is 3.08. The predicted molar refractivity (Wildman–Crippen MR) is 58.0 cm³/mol. The van der Waals surface area contributed by atoms with Crippen molar-refractivity contribution in [3.8, 4) is 0 Å². The van der Waals surface area contributed by atoms with Crippen molar-refractivity contribution in [3.05, 3.63) is 29.8 Å². The molecule has 1 aromatic carbocycles. The van der Waals surface area contributed by atoms with Gasteiger partial charge in [-0.1, -0.05) is 15.9 Å². The number of benzene rings is 1. The molecule has 0 heterocycles. The summed E-state index contributed by atoms with van der Waals surface area (Å²) in [6.07, 6.45) is 0. The van der Waals surface area contributed by atoms with Crippen LogP contribution in [0.15, 0.2) is 18.2 Å². The summed E-state index contributed by atoms with van der Waals surface area (Å²) in [5, 5.41) is 2.35. The molecule has 1 aromatic rings. The maximum absolute atomic E-state index is 13.1. The number of amides is 1. The lowest BCUT2D eigenvalue weighted by molar-refractivity contribution is -0.117. The molecule has 0 spiro atoms. The van der Waals surface area contributed by atoms with Gasteiger partial charge in [0.05, 0.1) is 10.0 Å². The molecule has 5 heteroatoms. The van der Waals surface area contributed by atoms with Gasteiger partial charge in [-0.3, -0.25) is 4.79 Å². The van der Waals surface area contributed by atoms with Crippen LogP contribution in [0.1, 0.15) is 13.8 Å². The van der Waals surface area contributed by atoms with Crippen LogP contribution in [0.25, 0.3) is 0 Å².